The standard InChI is InChI=1S/C16H23N3O2/c1-5-19-12(3)14(10-18-19)11(2)17-9-13-6-7-16(21-4)15(20)8-13/h6-8,10-11,17,20H,5,9H2,1-4H3. The number of aryl methyl sites for hydroxylation is 1. The molecule has 2 rings (SSSR count). The maximum absolute atomic E-state index is 9.79. The van der Waals surface area contributed by atoms with Crippen LogP contribution >= 0.6 is 0 Å². The second-order valence-corrected chi connectivity index (χ2v) is 5.11. The van der Waals surface area contributed by atoms with Gasteiger partial charge in [0.05, 0.1) is 13.3 Å². The Kier molecular flexibility index (Phi) is 4.85. The van der Waals surface area contributed by atoms with Crippen molar-refractivity contribution in [3.05, 3.63) is 41.2 Å². The Balaban J connectivity index is 2.02. The van der Waals surface area contributed by atoms with Gasteiger partial charge in [-0.25, -0.2) is 0 Å². The highest BCUT2D eigenvalue weighted by molar-refractivity contribution is 5.41. The average Bonchev–Trinajstić information content (AvgIpc) is 2.86. The molecular formula is C16H23N3O2. The molecule has 0 amide bonds. The van der Waals surface area contributed by atoms with E-state index in [-0.39, 0.29) is 11.8 Å². The molecule has 0 radical (unpaired) electrons. The topological polar surface area (TPSA) is 59.3 Å². The Morgan fingerprint density at radius 3 is 2.76 bits per heavy atom. The number of rotatable bonds is 6. The Morgan fingerprint density at radius 2 is 2.19 bits per heavy atom. The van der Waals surface area contributed by atoms with Gasteiger partial charge < -0.3 is 15.2 Å². The van der Waals surface area contributed by atoms with Crippen LogP contribution in [-0.2, 0) is 13.1 Å². The molecule has 0 bridgehead atoms. The van der Waals surface area contributed by atoms with E-state index in [4.69, 9.17) is 4.74 Å². The fraction of sp³-hybridized carbons (Fsp3) is 0.438. The van der Waals surface area contributed by atoms with Crippen LogP contribution in [-0.4, -0.2) is 22.0 Å². The minimum absolute atomic E-state index is 0.166. The third-order valence-electron chi connectivity index (χ3n) is 3.76. The summed E-state index contributed by atoms with van der Waals surface area (Å²) in [5, 5.41) is 17.6. The normalized spacial score (nSPS) is 12.4. The number of aromatic nitrogens is 2. The van der Waals surface area contributed by atoms with Gasteiger partial charge in [0, 0.05) is 30.4 Å². The first kappa shape index (κ1) is 15.4. The Hall–Kier alpha value is -2.01. The molecule has 21 heavy (non-hydrogen) atoms. The number of nitrogens with zero attached hydrogens (tertiary/aromatic N) is 2. The molecule has 0 saturated carbocycles. The third-order valence-corrected chi connectivity index (χ3v) is 3.76. The van der Waals surface area contributed by atoms with Crippen LogP contribution in [0.15, 0.2) is 24.4 Å². The van der Waals surface area contributed by atoms with Crippen molar-refractivity contribution in [2.45, 2.75) is 39.9 Å². The molecule has 114 valence electrons. The largest absolute Gasteiger partial charge is 0.504 e. The van der Waals surface area contributed by atoms with Crippen molar-refractivity contribution >= 4 is 0 Å². The van der Waals surface area contributed by atoms with E-state index in [1.807, 2.05) is 16.9 Å². The first-order valence-corrected chi connectivity index (χ1v) is 7.18. The van der Waals surface area contributed by atoms with E-state index in [0.717, 1.165) is 12.1 Å². The van der Waals surface area contributed by atoms with Crippen LogP contribution in [0.4, 0.5) is 0 Å². The monoisotopic (exact) mass is 289 g/mol. The molecule has 1 aromatic heterocycles. The van der Waals surface area contributed by atoms with Crippen molar-refractivity contribution in [3.8, 4) is 11.5 Å². The molecule has 1 atom stereocenters. The van der Waals surface area contributed by atoms with Gasteiger partial charge in [-0.2, -0.15) is 5.10 Å². The SMILES string of the molecule is CCn1ncc(C(C)NCc2ccc(OC)c(O)c2)c1C. The van der Waals surface area contributed by atoms with Gasteiger partial charge in [0.2, 0.25) is 0 Å². The number of ether oxygens (including phenoxy) is 1. The maximum atomic E-state index is 9.79. The van der Waals surface area contributed by atoms with Crippen molar-refractivity contribution in [2.24, 2.45) is 0 Å². The van der Waals surface area contributed by atoms with Crippen LogP contribution in [0.25, 0.3) is 0 Å². The zero-order chi connectivity index (χ0) is 15.4. The summed E-state index contributed by atoms with van der Waals surface area (Å²) in [6, 6.07) is 5.65. The molecule has 0 fully saturated rings. The van der Waals surface area contributed by atoms with Gasteiger partial charge in [-0.05, 0) is 38.5 Å². The van der Waals surface area contributed by atoms with Gasteiger partial charge in [0.15, 0.2) is 11.5 Å². The average molecular weight is 289 g/mol. The lowest BCUT2D eigenvalue weighted by Crippen LogP contribution is -2.18. The summed E-state index contributed by atoms with van der Waals surface area (Å²) in [5.41, 5.74) is 3.41. The Morgan fingerprint density at radius 1 is 1.43 bits per heavy atom. The predicted octanol–water partition coefficient (Wildman–Crippen LogP) is 2.78. The van der Waals surface area contributed by atoms with E-state index in [0.29, 0.717) is 12.3 Å². The minimum atomic E-state index is 0.166. The molecule has 5 heteroatoms. The summed E-state index contributed by atoms with van der Waals surface area (Å²) in [5.74, 6) is 0.659. The number of phenols is 1. The molecule has 2 aromatic rings. The van der Waals surface area contributed by atoms with Gasteiger partial charge in [-0.15, -0.1) is 0 Å². The summed E-state index contributed by atoms with van der Waals surface area (Å²) in [6.07, 6.45) is 1.92. The molecule has 0 spiro atoms. The summed E-state index contributed by atoms with van der Waals surface area (Å²) >= 11 is 0. The molecule has 2 N–H and O–H groups in total. The zero-order valence-electron chi connectivity index (χ0n) is 13.1. The fourth-order valence-corrected chi connectivity index (χ4v) is 2.43. The first-order chi connectivity index (χ1) is 10.1. The predicted molar refractivity (Wildman–Crippen MR) is 82.6 cm³/mol. The Labute approximate surface area is 125 Å². The van der Waals surface area contributed by atoms with Gasteiger partial charge >= 0.3 is 0 Å². The summed E-state index contributed by atoms with van der Waals surface area (Å²) in [6.45, 7) is 7.85. The van der Waals surface area contributed by atoms with Crippen LogP contribution in [0.3, 0.4) is 0 Å². The lowest BCUT2D eigenvalue weighted by atomic mass is 10.1. The molecule has 0 aliphatic carbocycles. The smallest absolute Gasteiger partial charge is 0.160 e. The highest BCUT2D eigenvalue weighted by atomic mass is 16.5. The summed E-state index contributed by atoms with van der Waals surface area (Å²) in [7, 11) is 1.54. The summed E-state index contributed by atoms with van der Waals surface area (Å²) < 4.78 is 7.04. The number of hydrogen-bond donors (Lipinski definition) is 2. The molecule has 0 saturated heterocycles. The van der Waals surface area contributed by atoms with Crippen LogP contribution in [0.1, 0.15) is 36.7 Å². The molecule has 0 aliphatic heterocycles. The lowest BCUT2D eigenvalue weighted by Gasteiger charge is -2.14. The zero-order valence-corrected chi connectivity index (χ0v) is 13.1. The quantitative estimate of drug-likeness (QED) is 0.858. The van der Waals surface area contributed by atoms with Crippen molar-refractivity contribution in [1.29, 1.82) is 0 Å². The summed E-state index contributed by atoms with van der Waals surface area (Å²) in [4.78, 5) is 0. The van der Waals surface area contributed by atoms with Crippen molar-refractivity contribution in [1.82, 2.24) is 15.1 Å². The number of benzene rings is 1. The first-order valence-electron chi connectivity index (χ1n) is 7.18. The van der Waals surface area contributed by atoms with E-state index < -0.39 is 0 Å². The van der Waals surface area contributed by atoms with Gasteiger partial charge in [0.25, 0.3) is 0 Å². The van der Waals surface area contributed by atoms with Crippen LogP contribution in [0, 0.1) is 6.92 Å². The number of methoxy groups -OCH3 is 1. The number of aromatic hydroxyl groups is 1. The van der Waals surface area contributed by atoms with E-state index in [2.05, 4.69) is 31.2 Å². The van der Waals surface area contributed by atoms with E-state index in [1.54, 1.807) is 19.2 Å². The number of phenolic OH excluding ortho intramolecular Hbond substituents is 1. The van der Waals surface area contributed by atoms with Crippen LogP contribution in [0.2, 0.25) is 0 Å². The molecule has 1 heterocycles. The van der Waals surface area contributed by atoms with Gasteiger partial charge in [-0.1, -0.05) is 6.07 Å². The van der Waals surface area contributed by atoms with Crippen molar-refractivity contribution < 1.29 is 9.84 Å². The van der Waals surface area contributed by atoms with Gasteiger partial charge in [0.1, 0.15) is 0 Å². The maximum Gasteiger partial charge on any atom is 0.160 e. The molecule has 1 aromatic carbocycles. The molecule has 1 unspecified atom stereocenters. The van der Waals surface area contributed by atoms with E-state index in [1.165, 1.54) is 11.3 Å². The van der Waals surface area contributed by atoms with Crippen LogP contribution < -0.4 is 10.1 Å². The van der Waals surface area contributed by atoms with Gasteiger partial charge in [-0.3, -0.25) is 4.68 Å². The van der Waals surface area contributed by atoms with Crippen LogP contribution in [0.5, 0.6) is 11.5 Å². The second kappa shape index (κ2) is 6.63. The second-order valence-electron chi connectivity index (χ2n) is 5.11. The highest BCUT2D eigenvalue weighted by Gasteiger charge is 2.12. The highest BCUT2D eigenvalue weighted by Crippen LogP contribution is 2.26. The van der Waals surface area contributed by atoms with E-state index in [9.17, 15) is 5.11 Å². The third kappa shape index (κ3) is 3.36. The molecular weight excluding hydrogens is 266 g/mol. The van der Waals surface area contributed by atoms with Crippen molar-refractivity contribution in [3.63, 3.8) is 0 Å². The fourth-order valence-electron chi connectivity index (χ4n) is 2.43. The molecule has 0 aliphatic rings. The Bertz CT molecular complexity index is 608. The minimum Gasteiger partial charge on any atom is -0.504 e. The number of nitrogens with one attached hydrogen (secondary N) is 1. The van der Waals surface area contributed by atoms with Crippen molar-refractivity contribution in [2.75, 3.05) is 7.11 Å². The number of hydrogen-bond acceptors (Lipinski definition) is 4. The lowest BCUT2D eigenvalue weighted by molar-refractivity contribution is 0.373. The van der Waals surface area contributed by atoms with E-state index >= 15 is 0 Å². The molecule has 5 nitrogen and oxygen atoms in total.